The summed E-state index contributed by atoms with van der Waals surface area (Å²) in [7, 11) is 0. The zero-order chi connectivity index (χ0) is 80.3. The molecule has 0 heterocycles. The van der Waals surface area contributed by atoms with Crippen molar-refractivity contribution in [2.75, 3.05) is 0 Å². The number of rotatable bonds is 4. The Bertz CT molecular complexity index is 7340. The summed E-state index contributed by atoms with van der Waals surface area (Å²) in [5.41, 5.74) is 21.5. The number of benzene rings is 22. The zero-order valence-electron chi connectivity index (χ0n) is 70.9. The van der Waals surface area contributed by atoms with Crippen LogP contribution >= 0.6 is 0 Å². The first-order valence-electron chi connectivity index (χ1n) is 42.1. The fraction of sp³-hybridized carbons (Fsp3) is 0.0940. The van der Waals surface area contributed by atoms with Gasteiger partial charge in [0.25, 0.3) is 0 Å². The molecule has 0 unspecified atom stereocenters. The summed E-state index contributed by atoms with van der Waals surface area (Å²) in [6.45, 7) is 20.7. The maximum absolute atomic E-state index is 2.40. The van der Waals surface area contributed by atoms with Gasteiger partial charge in [0, 0.05) is 136 Å². The van der Waals surface area contributed by atoms with Gasteiger partial charge in [0.15, 0.2) is 0 Å². The second-order valence-electron chi connectivity index (χ2n) is 29.9. The van der Waals surface area contributed by atoms with Crippen LogP contribution in [0.1, 0.15) is 80.4 Å². The van der Waals surface area contributed by atoms with Gasteiger partial charge < -0.3 is 0 Å². The summed E-state index contributed by atoms with van der Waals surface area (Å²) in [6, 6.07) is 146. The smallest absolute Gasteiger partial charge is 0.0159 e. The van der Waals surface area contributed by atoms with E-state index in [0.29, 0.717) is 0 Å². The van der Waals surface area contributed by atoms with Crippen LogP contribution in [0.3, 0.4) is 0 Å². The molecule has 0 nitrogen and oxygen atoms in total. The average Bonchev–Trinajstić information content (AvgIpc) is 1.22. The summed E-state index contributed by atoms with van der Waals surface area (Å²) in [5.74, 6) is 0. The maximum Gasteiger partial charge on any atom is 0.0159 e. The summed E-state index contributed by atoms with van der Waals surface area (Å²) in [4.78, 5) is 0. The van der Waals surface area contributed by atoms with Crippen LogP contribution in [0.25, 0.3) is 207 Å². The predicted molar refractivity (Wildman–Crippen MR) is 516 cm³/mol. The minimum Gasteiger partial charge on any atom is -0.0683 e. The van der Waals surface area contributed by atoms with Crippen molar-refractivity contribution in [1.82, 2.24) is 0 Å². The molecule has 4 heteroatoms. The largest absolute Gasteiger partial charge is 0.0683 e. The molecular weight excluding hydrogens is 1760 g/mol. The quantitative estimate of drug-likeness (QED) is 0.122. The Morgan fingerprint density at radius 3 is 0.884 bits per heavy atom. The molecule has 0 aliphatic heterocycles. The first-order chi connectivity index (χ1) is 57.9. The van der Waals surface area contributed by atoms with Crippen LogP contribution in [0.15, 0.2) is 400 Å². The van der Waals surface area contributed by atoms with Crippen LogP contribution in [0.4, 0.5) is 0 Å². The molecule has 0 saturated carbocycles. The third-order valence-electron chi connectivity index (χ3n) is 23.8. The van der Waals surface area contributed by atoms with Crippen LogP contribution < -0.4 is 0 Å². The van der Waals surface area contributed by atoms with Gasteiger partial charge in [-0.1, -0.05) is 457 Å². The first-order valence-corrected chi connectivity index (χ1v) is 42.1. The third kappa shape index (κ3) is 16.3. The van der Waals surface area contributed by atoms with Gasteiger partial charge >= 0.3 is 0 Å². The third-order valence-corrected chi connectivity index (χ3v) is 23.8. The van der Waals surface area contributed by atoms with E-state index in [1.165, 1.54) is 218 Å². The van der Waals surface area contributed by atoms with Crippen LogP contribution in [0, 0.1) is 0 Å². The van der Waals surface area contributed by atoms with Gasteiger partial charge in [-0.2, -0.15) is 0 Å². The molecule has 22 aromatic carbocycles. The molecule has 0 atom stereocenters. The van der Waals surface area contributed by atoms with Crippen molar-refractivity contribution in [3.8, 4) is 77.9 Å². The molecule has 0 spiro atoms. The molecule has 0 bridgehead atoms. The molecule has 0 aromatic heterocycles. The second kappa shape index (κ2) is 39.9. The minimum absolute atomic E-state index is 0. The Morgan fingerprint density at radius 1 is 0.140 bits per heavy atom. The van der Waals surface area contributed by atoms with Gasteiger partial charge in [0.2, 0.25) is 0 Å². The van der Waals surface area contributed by atoms with E-state index in [1.807, 2.05) is 55.4 Å². The molecule has 4 radical (unpaired) electrons. The second-order valence-corrected chi connectivity index (χ2v) is 29.9. The van der Waals surface area contributed by atoms with Gasteiger partial charge in [-0.15, -0.1) is 0 Å². The zero-order valence-corrected chi connectivity index (χ0v) is 82.3. The summed E-state index contributed by atoms with van der Waals surface area (Å²) >= 11 is 0. The summed E-state index contributed by atoms with van der Waals surface area (Å²) < 4.78 is 0. The van der Waals surface area contributed by atoms with E-state index in [-0.39, 0.29) is 136 Å². The molecule has 0 amide bonds. The standard InChI is InChI=1S/C30H18.C28H18.C26H16.C25H20.4C2H6.4Y/c1-2-11-21-19(7-1)8-3-12-22(21)23-17-18-28-26-14-5-10-20-9-4-13-25(29(20)26)27-16-6-15-24(23)30(27)28;1-2-10-21-19(8-1)9-7-15-22(21)20-16-17-27-25-13-4-3-11-23(25)24-12-5-6-14-26(24)28(27)18-20;1-2-9-18-17(7-1)8-5-12-19(18)22-15-16-25-21-11-4-3-10-20(21)23-13-6-14-24(22)26(23)25;1-25(2)23-13-6-5-11-21(23)22-15-14-18(16-24(22)25)20-12-7-9-17-8-3-4-10-19(17)20;4*1-2;;;;/h1-18H;1-18H;1-16H;3-16H,1-2H3;4*1-2H3;;;;. The van der Waals surface area contributed by atoms with Gasteiger partial charge in [0.1, 0.15) is 0 Å². The van der Waals surface area contributed by atoms with Crippen molar-refractivity contribution >= 4 is 129 Å². The van der Waals surface area contributed by atoms with Gasteiger partial charge in [0.05, 0.1) is 0 Å². The Labute approximate surface area is 814 Å². The molecule has 0 saturated heterocycles. The van der Waals surface area contributed by atoms with Crippen LogP contribution in [-0.2, 0) is 136 Å². The minimum atomic E-state index is 0. The molecule has 121 heavy (non-hydrogen) atoms. The number of fused-ring (bicyclic) bond motifs is 18. The number of hydrogen-bond acceptors (Lipinski definition) is 0. The molecule has 0 fully saturated rings. The molecule has 0 N–H and O–H groups in total. The Hall–Kier alpha value is -9.36. The fourth-order valence-corrected chi connectivity index (χ4v) is 18.7. The van der Waals surface area contributed by atoms with E-state index < -0.39 is 0 Å². The van der Waals surface area contributed by atoms with Crippen molar-refractivity contribution < 1.29 is 131 Å². The topological polar surface area (TPSA) is 0 Å². The van der Waals surface area contributed by atoms with Crippen LogP contribution in [0.2, 0.25) is 0 Å². The fourth-order valence-electron chi connectivity index (χ4n) is 18.7. The van der Waals surface area contributed by atoms with E-state index in [0.717, 1.165) is 0 Å². The van der Waals surface area contributed by atoms with E-state index in [4.69, 9.17) is 0 Å². The molecule has 2 aliphatic rings. The monoisotopic (exact) mass is 1860 g/mol. The normalized spacial score (nSPS) is 11.4. The van der Waals surface area contributed by atoms with Crippen molar-refractivity contribution in [3.05, 3.63) is 412 Å². The molecule has 24 rings (SSSR count). The van der Waals surface area contributed by atoms with Gasteiger partial charge in [-0.25, -0.2) is 0 Å². The van der Waals surface area contributed by atoms with E-state index in [9.17, 15) is 0 Å². The molecule has 22 aromatic rings. The van der Waals surface area contributed by atoms with Crippen LogP contribution in [-0.4, -0.2) is 0 Å². The Morgan fingerprint density at radius 2 is 0.388 bits per heavy atom. The van der Waals surface area contributed by atoms with Crippen molar-refractivity contribution in [2.45, 2.75) is 74.7 Å². The van der Waals surface area contributed by atoms with Crippen molar-refractivity contribution in [2.24, 2.45) is 0 Å². The average molecular weight is 1860 g/mol. The van der Waals surface area contributed by atoms with E-state index >= 15 is 0 Å². The van der Waals surface area contributed by atoms with Gasteiger partial charge in [-0.3, -0.25) is 0 Å². The first kappa shape index (κ1) is 89.4. The van der Waals surface area contributed by atoms with Crippen LogP contribution in [0.5, 0.6) is 0 Å². The predicted octanol–water partition coefficient (Wildman–Crippen LogP) is 34.7. The molecule has 2 aliphatic carbocycles. The SMILES string of the molecule is CC.CC.CC.CC.CC1(C)c2ccccc2-c2ccc(-c3cccc4ccccc34)cc21.[Y].[Y].[Y].[Y].c1ccc2c(-c3ccc4c5cccc6cccc(c7cccc3c74)c65)cccc2c1.c1ccc2c(-c3ccc4c5ccccc5c5ccccc5c4c3)cccc2c1.c1ccc2c(c1)-c1cccc3c(-c4cccc5ccccc45)ccc-2c13. The summed E-state index contributed by atoms with van der Waals surface area (Å²) in [5, 5.41) is 31.8. The van der Waals surface area contributed by atoms with E-state index in [1.54, 1.807) is 0 Å². The van der Waals surface area contributed by atoms with Crippen molar-refractivity contribution in [1.29, 1.82) is 0 Å². The summed E-state index contributed by atoms with van der Waals surface area (Å²) in [6.07, 6.45) is 0. The number of hydrogen-bond donors (Lipinski definition) is 0. The van der Waals surface area contributed by atoms with Crippen molar-refractivity contribution in [3.63, 3.8) is 0 Å². The Balaban J connectivity index is 0.000000134. The maximum atomic E-state index is 2.40. The molecule has 576 valence electrons. The van der Waals surface area contributed by atoms with E-state index in [2.05, 4.69) is 414 Å². The Kier molecular flexibility index (Phi) is 29.5. The van der Waals surface area contributed by atoms with Gasteiger partial charge in [-0.05, 0) is 230 Å². The molecular formula is C117H96Y4.